The largest absolute Gasteiger partial charge is 0.418 e. The van der Waals surface area contributed by atoms with E-state index in [0.717, 1.165) is 27.5 Å². The Bertz CT molecular complexity index is 1020. The molecule has 0 saturated carbocycles. The van der Waals surface area contributed by atoms with Crippen molar-refractivity contribution >= 4 is 40.0 Å². The summed E-state index contributed by atoms with van der Waals surface area (Å²) in [4.78, 5) is 23.1. The fourth-order valence-corrected chi connectivity index (χ4v) is 4.19. The summed E-state index contributed by atoms with van der Waals surface area (Å²) >= 11 is 2.94. The molecule has 0 spiro atoms. The molecule has 0 aliphatic heterocycles. The smallest absolute Gasteiger partial charge is 0.257 e. The van der Waals surface area contributed by atoms with Crippen LogP contribution in [0.4, 0.5) is 0 Å². The van der Waals surface area contributed by atoms with E-state index in [1.54, 1.807) is 16.2 Å². The zero-order valence-electron chi connectivity index (χ0n) is 15.3. The van der Waals surface area contributed by atoms with E-state index in [-0.39, 0.29) is 5.91 Å². The molecule has 0 atom stereocenters. The second kappa shape index (κ2) is 8.57. The van der Waals surface area contributed by atoms with E-state index in [1.807, 2.05) is 48.7 Å². The highest BCUT2D eigenvalue weighted by molar-refractivity contribution is 7.99. The Morgan fingerprint density at radius 2 is 2.14 bits per heavy atom. The maximum absolute atomic E-state index is 12.7. The fraction of sp³-hybridized carbons (Fsp3) is 0.263. The number of thioether (sulfide) groups is 1. The molecular weight excluding hydrogens is 394 g/mol. The number of aromatic amines is 1. The third kappa shape index (κ3) is 4.26. The summed E-state index contributed by atoms with van der Waals surface area (Å²) < 4.78 is 5.73. The van der Waals surface area contributed by atoms with Crippen LogP contribution in [0, 0.1) is 0 Å². The Balaban J connectivity index is 1.39. The Hall–Kier alpha value is -2.65. The molecule has 0 radical (unpaired) electrons. The summed E-state index contributed by atoms with van der Waals surface area (Å²) in [6, 6.07) is 11.7. The molecule has 28 heavy (non-hydrogen) atoms. The fourth-order valence-electron chi connectivity index (χ4n) is 2.76. The lowest BCUT2D eigenvalue weighted by Gasteiger charge is -2.19. The van der Waals surface area contributed by atoms with Crippen molar-refractivity contribution in [1.29, 1.82) is 0 Å². The number of fused-ring (bicyclic) bond motifs is 1. The van der Waals surface area contributed by atoms with E-state index < -0.39 is 0 Å². The zero-order chi connectivity index (χ0) is 19.3. The van der Waals surface area contributed by atoms with Gasteiger partial charge in [0.1, 0.15) is 0 Å². The van der Waals surface area contributed by atoms with Gasteiger partial charge in [0.05, 0.1) is 28.2 Å². The van der Waals surface area contributed by atoms with Gasteiger partial charge in [-0.3, -0.25) is 4.79 Å². The van der Waals surface area contributed by atoms with Crippen LogP contribution in [0.1, 0.15) is 19.2 Å². The van der Waals surface area contributed by atoms with Crippen LogP contribution in [-0.4, -0.2) is 43.3 Å². The number of hydrogen-bond acceptors (Lipinski definition) is 7. The summed E-state index contributed by atoms with van der Waals surface area (Å²) in [6.07, 6.45) is 0.854. The quantitative estimate of drug-likeness (QED) is 0.436. The maximum atomic E-state index is 12.7. The van der Waals surface area contributed by atoms with E-state index >= 15 is 0 Å². The molecule has 0 fully saturated rings. The third-order valence-electron chi connectivity index (χ3n) is 4.07. The van der Waals surface area contributed by atoms with Gasteiger partial charge in [-0.05, 0) is 30.0 Å². The molecular formula is C19H19N5O2S2. The number of rotatable bonds is 8. The highest BCUT2D eigenvalue weighted by Gasteiger charge is 2.18. The predicted molar refractivity (Wildman–Crippen MR) is 110 cm³/mol. The first-order valence-corrected chi connectivity index (χ1v) is 10.8. The second-order valence-corrected chi connectivity index (χ2v) is 8.05. The SMILES string of the molecule is CCCN(Cc1nnc(-c2cccs2)o1)C(=O)CSc1nc2ccccc2[nH]1. The molecule has 0 aliphatic carbocycles. The summed E-state index contributed by atoms with van der Waals surface area (Å²) in [6.45, 7) is 2.99. The molecule has 9 heteroatoms. The maximum Gasteiger partial charge on any atom is 0.257 e. The van der Waals surface area contributed by atoms with Crippen molar-refractivity contribution in [3.05, 3.63) is 47.7 Å². The highest BCUT2D eigenvalue weighted by Crippen LogP contribution is 2.24. The van der Waals surface area contributed by atoms with Crippen molar-refractivity contribution in [3.63, 3.8) is 0 Å². The number of para-hydroxylation sites is 2. The van der Waals surface area contributed by atoms with Gasteiger partial charge < -0.3 is 14.3 Å². The number of carbonyl (C=O) groups is 1. The van der Waals surface area contributed by atoms with Crippen LogP contribution in [0.5, 0.6) is 0 Å². The van der Waals surface area contributed by atoms with E-state index in [4.69, 9.17) is 4.42 Å². The van der Waals surface area contributed by atoms with Gasteiger partial charge in [-0.25, -0.2) is 4.98 Å². The van der Waals surface area contributed by atoms with Crippen LogP contribution in [0.3, 0.4) is 0 Å². The number of thiophene rings is 1. The number of benzene rings is 1. The molecule has 7 nitrogen and oxygen atoms in total. The number of nitrogens with zero attached hydrogens (tertiary/aromatic N) is 4. The van der Waals surface area contributed by atoms with Gasteiger partial charge in [0, 0.05) is 6.54 Å². The topological polar surface area (TPSA) is 87.9 Å². The lowest BCUT2D eigenvalue weighted by molar-refractivity contribution is -0.129. The highest BCUT2D eigenvalue weighted by atomic mass is 32.2. The predicted octanol–water partition coefficient (Wildman–Crippen LogP) is 4.21. The molecule has 3 aromatic heterocycles. The van der Waals surface area contributed by atoms with Crippen LogP contribution in [0.25, 0.3) is 21.8 Å². The number of hydrogen-bond donors (Lipinski definition) is 1. The van der Waals surface area contributed by atoms with Crippen LogP contribution >= 0.6 is 23.1 Å². The van der Waals surface area contributed by atoms with Crippen molar-refractivity contribution in [2.24, 2.45) is 0 Å². The molecule has 0 saturated heterocycles. The monoisotopic (exact) mass is 413 g/mol. The second-order valence-electron chi connectivity index (χ2n) is 6.14. The van der Waals surface area contributed by atoms with E-state index in [2.05, 4.69) is 20.2 Å². The molecule has 0 aliphatic rings. The Morgan fingerprint density at radius 3 is 2.93 bits per heavy atom. The van der Waals surface area contributed by atoms with Crippen molar-refractivity contribution in [3.8, 4) is 10.8 Å². The molecule has 1 amide bonds. The minimum absolute atomic E-state index is 0.0168. The Kier molecular flexibility index (Phi) is 5.73. The average Bonchev–Trinajstić information content (AvgIpc) is 3.45. The van der Waals surface area contributed by atoms with Gasteiger partial charge in [-0.15, -0.1) is 21.5 Å². The standard InChI is InChI=1S/C19H19N5O2S2/c1-2-9-24(11-16-22-23-18(26-16)15-8-5-10-27-15)17(25)12-28-19-20-13-6-3-4-7-14(13)21-19/h3-8,10H,2,9,11-12H2,1H3,(H,20,21). The van der Waals surface area contributed by atoms with Crippen LogP contribution in [0.15, 0.2) is 51.4 Å². The van der Waals surface area contributed by atoms with E-state index in [0.29, 0.717) is 30.6 Å². The summed E-state index contributed by atoms with van der Waals surface area (Å²) in [5.74, 6) is 1.25. The first-order chi connectivity index (χ1) is 13.7. The summed E-state index contributed by atoms with van der Waals surface area (Å²) in [7, 11) is 0. The van der Waals surface area contributed by atoms with Gasteiger partial charge >= 0.3 is 0 Å². The summed E-state index contributed by atoms with van der Waals surface area (Å²) in [5.41, 5.74) is 1.87. The molecule has 3 heterocycles. The van der Waals surface area contributed by atoms with Crippen LogP contribution in [0.2, 0.25) is 0 Å². The Labute approximate surface area is 170 Å². The Morgan fingerprint density at radius 1 is 1.25 bits per heavy atom. The van der Waals surface area contributed by atoms with Gasteiger partial charge in [0.2, 0.25) is 11.8 Å². The molecule has 1 N–H and O–H groups in total. The lowest BCUT2D eigenvalue weighted by atomic mass is 10.3. The van der Waals surface area contributed by atoms with Crippen molar-refractivity contribution in [2.45, 2.75) is 25.0 Å². The van der Waals surface area contributed by atoms with Crippen molar-refractivity contribution in [2.75, 3.05) is 12.3 Å². The molecule has 144 valence electrons. The third-order valence-corrected chi connectivity index (χ3v) is 5.79. The molecule has 0 unspecified atom stereocenters. The number of H-pyrrole nitrogens is 1. The van der Waals surface area contributed by atoms with E-state index in [1.165, 1.54) is 11.8 Å². The number of nitrogens with one attached hydrogen (secondary N) is 1. The summed E-state index contributed by atoms with van der Waals surface area (Å²) in [5, 5.41) is 10.9. The number of aromatic nitrogens is 4. The van der Waals surface area contributed by atoms with Gasteiger partial charge in [-0.2, -0.15) is 0 Å². The average molecular weight is 414 g/mol. The molecule has 0 bridgehead atoms. The minimum atomic E-state index is 0.0168. The van der Waals surface area contributed by atoms with Crippen molar-refractivity contribution in [1.82, 2.24) is 25.1 Å². The number of imidazole rings is 1. The van der Waals surface area contributed by atoms with Gasteiger partial charge in [0.15, 0.2) is 5.16 Å². The van der Waals surface area contributed by atoms with E-state index in [9.17, 15) is 4.79 Å². The van der Waals surface area contributed by atoms with Crippen LogP contribution in [-0.2, 0) is 11.3 Å². The molecule has 1 aromatic carbocycles. The van der Waals surface area contributed by atoms with Crippen LogP contribution < -0.4 is 0 Å². The number of amides is 1. The first kappa shape index (κ1) is 18.7. The van der Waals surface area contributed by atoms with Crippen molar-refractivity contribution < 1.29 is 9.21 Å². The van der Waals surface area contributed by atoms with Gasteiger partial charge in [0.25, 0.3) is 5.89 Å². The van der Waals surface area contributed by atoms with Gasteiger partial charge in [-0.1, -0.05) is 36.9 Å². The zero-order valence-corrected chi connectivity index (χ0v) is 16.9. The lowest BCUT2D eigenvalue weighted by Crippen LogP contribution is -2.32. The molecule has 4 rings (SSSR count). The number of carbonyl (C=O) groups excluding carboxylic acids is 1. The normalized spacial score (nSPS) is 11.2. The minimum Gasteiger partial charge on any atom is -0.418 e. The first-order valence-electron chi connectivity index (χ1n) is 8.94. The molecule has 4 aromatic rings.